The van der Waals surface area contributed by atoms with Crippen molar-refractivity contribution in [1.29, 1.82) is 0 Å². The summed E-state index contributed by atoms with van der Waals surface area (Å²) in [7, 11) is 5.37. The van der Waals surface area contributed by atoms with E-state index < -0.39 is 18.1 Å². The molecular formula is C54H87NO7. The summed E-state index contributed by atoms with van der Waals surface area (Å²) in [4.78, 5) is 36.9. The maximum atomic E-state index is 12.7. The lowest BCUT2D eigenvalue weighted by Gasteiger charge is -2.34. The van der Waals surface area contributed by atoms with Crippen molar-refractivity contribution in [1.82, 2.24) is 0 Å². The highest BCUT2D eigenvalue weighted by molar-refractivity contribution is 5.70. The van der Waals surface area contributed by atoms with Gasteiger partial charge in [-0.25, -0.2) is 0 Å². The van der Waals surface area contributed by atoms with Gasteiger partial charge in [-0.1, -0.05) is 155 Å². The van der Waals surface area contributed by atoms with Crippen LogP contribution in [0.4, 0.5) is 0 Å². The first kappa shape index (κ1) is 58.0. The number of aliphatic carboxylic acids is 1. The van der Waals surface area contributed by atoms with Crippen LogP contribution >= 0.6 is 0 Å². The van der Waals surface area contributed by atoms with Crippen molar-refractivity contribution in [3.05, 3.63) is 109 Å². The monoisotopic (exact) mass is 862 g/mol. The summed E-state index contributed by atoms with van der Waals surface area (Å²) in [5.74, 6) is -1.85. The molecule has 0 rings (SSSR count). The predicted octanol–water partition coefficient (Wildman–Crippen LogP) is 12.3. The molecule has 0 aromatic rings. The molecule has 2 atom stereocenters. The first-order valence-electron chi connectivity index (χ1n) is 23.9. The lowest BCUT2D eigenvalue weighted by Crippen LogP contribution is -2.55. The summed E-state index contributed by atoms with van der Waals surface area (Å²) in [6.45, 7) is 4.42. The molecule has 0 spiro atoms. The van der Waals surface area contributed by atoms with Crippen LogP contribution in [0.2, 0.25) is 0 Å². The number of likely N-dealkylation sites (N-methyl/N-ethyl adjacent to an activating group) is 1. The van der Waals surface area contributed by atoms with Gasteiger partial charge < -0.3 is 28.6 Å². The molecule has 0 aromatic heterocycles. The Hall–Kier alpha value is -4.01. The smallest absolute Gasteiger partial charge is 0.306 e. The zero-order chi connectivity index (χ0) is 45.6. The van der Waals surface area contributed by atoms with Crippen LogP contribution in [0.5, 0.6) is 0 Å². The zero-order valence-electron chi connectivity index (χ0n) is 39.7. The van der Waals surface area contributed by atoms with Crippen molar-refractivity contribution in [2.45, 2.75) is 174 Å². The van der Waals surface area contributed by atoms with E-state index in [2.05, 4.69) is 123 Å². The molecule has 8 heteroatoms. The van der Waals surface area contributed by atoms with Gasteiger partial charge in [-0.15, -0.1) is 0 Å². The van der Waals surface area contributed by atoms with Gasteiger partial charge in [-0.05, 0) is 96.3 Å². The van der Waals surface area contributed by atoms with E-state index >= 15 is 0 Å². The zero-order valence-corrected chi connectivity index (χ0v) is 39.7. The second-order valence-electron chi connectivity index (χ2n) is 16.6. The molecule has 0 aliphatic heterocycles. The minimum Gasteiger partial charge on any atom is -0.544 e. The van der Waals surface area contributed by atoms with Gasteiger partial charge in [0.05, 0.1) is 40.3 Å². The van der Waals surface area contributed by atoms with Gasteiger partial charge in [0.2, 0.25) is 0 Å². The number of carboxylic acid groups (broad SMARTS) is 1. The van der Waals surface area contributed by atoms with Crippen molar-refractivity contribution in [3.8, 4) is 0 Å². The van der Waals surface area contributed by atoms with Gasteiger partial charge in [-0.3, -0.25) is 9.59 Å². The van der Waals surface area contributed by atoms with Gasteiger partial charge in [-0.2, -0.15) is 0 Å². The molecule has 0 radical (unpaired) electrons. The fourth-order valence-electron chi connectivity index (χ4n) is 6.21. The largest absolute Gasteiger partial charge is 0.544 e. The van der Waals surface area contributed by atoms with Gasteiger partial charge in [0.1, 0.15) is 12.6 Å². The average molecular weight is 862 g/mol. The second kappa shape index (κ2) is 43.6. The lowest BCUT2D eigenvalue weighted by molar-refractivity contribution is -0.889. The molecule has 0 aliphatic carbocycles. The van der Waals surface area contributed by atoms with E-state index in [1.54, 1.807) is 21.1 Å². The summed E-state index contributed by atoms with van der Waals surface area (Å²) in [6.07, 6.45) is 59.8. The van der Waals surface area contributed by atoms with Crippen LogP contribution in [0.25, 0.3) is 0 Å². The first-order valence-corrected chi connectivity index (χ1v) is 23.9. The maximum Gasteiger partial charge on any atom is 0.306 e. The number of ether oxygens (including phenoxy) is 3. The van der Waals surface area contributed by atoms with E-state index in [0.29, 0.717) is 12.8 Å². The van der Waals surface area contributed by atoms with Crippen molar-refractivity contribution in [3.63, 3.8) is 0 Å². The lowest BCUT2D eigenvalue weighted by atomic mass is 10.1. The molecule has 8 nitrogen and oxygen atoms in total. The van der Waals surface area contributed by atoms with Gasteiger partial charge in [0, 0.05) is 19.3 Å². The van der Waals surface area contributed by atoms with Gasteiger partial charge in [0.25, 0.3) is 0 Å². The van der Waals surface area contributed by atoms with Crippen LogP contribution < -0.4 is 5.11 Å². The van der Waals surface area contributed by atoms with Crippen molar-refractivity contribution >= 4 is 17.9 Å². The molecule has 0 fully saturated rings. The van der Waals surface area contributed by atoms with E-state index in [4.69, 9.17) is 14.2 Å². The summed E-state index contributed by atoms with van der Waals surface area (Å²) in [5, 5.41) is 11.6. The SMILES string of the molecule is CC/C=C/C/C=C/C/C=C/C/C=C/C/C=C/CCCC(=O)OC(COCCC(C(=O)[O-])[N+](C)(C)C)COC(=O)CCCCCCC/C=C/C/C=C/C/C=C/C/C=C/CCCCC. The molecule has 0 heterocycles. The highest BCUT2D eigenvalue weighted by Gasteiger charge is 2.25. The highest BCUT2D eigenvalue weighted by atomic mass is 16.6. The number of carbonyl (C=O) groups excluding carboxylic acids is 3. The quantitative estimate of drug-likeness (QED) is 0.0261. The van der Waals surface area contributed by atoms with E-state index in [1.165, 1.54) is 25.7 Å². The number of carbonyl (C=O) groups is 3. The highest BCUT2D eigenvalue weighted by Crippen LogP contribution is 2.11. The number of rotatable bonds is 41. The van der Waals surface area contributed by atoms with Crippen LogP contribution in [0.15, 0.2) is 109 Å². The Bertz CT molecular complexity index is 1370. The van der Waals surface area contributed by atoms with E-state index in [9.17, 15) is 19.5 Å². The third-order valence-electron chi connectivity index (χ3n) is 9.89. The van der Waals surface area contributed by atoms with Crippen LogP contribution in [-0.4, -0.2) is 75.5 Å². The van der Waals surface area contributed by atoms with Crippen LogP contribution in [0, 0.1) is 0 Å². The predicted molar refractivity (Wildman–Crippen MR) is 258 cm³/mol. The molecule has 0 saturated heterocycles. The van der Waals surface area contributed by atoms with Crippen molar-refractivity contribution in [2.75, 3.05) is 41.0 Å². The van der Waals surface area contributed by atoms with Crippen molar-refractivity contribution in [2.24, 2.45) is 0 Å². The van der Waals surface area contributed by atoms with Crippen LogP contribution in [-0.2, 0) is 28.6 Å². The summed E-state index contributed by atoms with van der Waals surface area (Å²) in [5.41, 5.74) is 0. The van der Waals surface area contributed by atoms with E-state index in [-0.39, 0.29) is 49.1 Å². The molecule has 0 aliphatic rings. The van der Waals surface area contributed by atoms with E-state index in [0.717, 1.165) is 96.3 Å². The third-order valence-corrected chi connectivity index (χ3v) is 9.89. The van der Waals surface area contributed by atoms with Crippen molar-refractivity contribution < 1.29 is 38.2 Å². The Morgan fingerprint density at radius 3 is 1.39 bits per heavy atom. The minimum atomic E-state index is -1.14. The molecule has 0 saturated carbocycles. The standard InChI is InChI=1S/C54H87NO7/c1-6-8-10-12-14-16-18-20-22-24-25-26-27-29-30-32-34-36-38-40-42-44-52(56)61-49-50(48-60-47-46-51(54(58)59)55(3,4)5)62-53(57)45-43-41-39-37-35-33-31-28-23-21-19-17-15-13-11-9-7-2/h9,11,14-17,20-23,25-26,29-31,33,37,39,50-51H,6-8,10,12-13,18-19,24,27-28,32,34-36,38,40-49H2,1-5H3/b11-9+,16-14+,17-15+,22-20+,23-21+,26-25+,30-29+,33-31+,39-37+. The van der Waals surface area contributed by atoms with Crippen LogP contribution in [0.1, 0.15) is 162 Å². The molecule has 0 aromatic carbocycles. The summed E-state index contributed by atoms with van der Waals surface area (Å²) >= 11 is 0. The Morgan fingerprint density at radius 1 is 0.500 bits per heavy atom. The fourth-order valence-corrected chi connectivity index (χ4v) is 6.21. The van der Waals surface area contributed by atoms with E-state index in [1.807, 2.05) is 0 Å². The number of hydrogen-bond donors (Lipinski definition) is 0. The molecule has 0 bridgehead atoms. The molecule has 2 unspecified atom stereocenters. The Kier molecular flexibility index (Phi) is 40.8. The van der Waals surface area contributed by atoms with Crippen LogP contribution in [0.3, 0.4) is 0 Å². The molecule has 62 heavy (non-hydrogen) atoms. The minimum absolute atomic E-state index is 0.00411. The Balaban J connectivity index is 4.44. The molecular weight excluding hydrogens is 775 g/mol. The average Bonchev–Trinajstić information content (AvgIpc) is 3.23. The number of carboxylic acids is 1. The molecule has 0 N–H and O–H groups in total. The first-order chi connectivity index (χ1) is 30.1. The Morgan fingerprint density at radius 2 is 0.919 bits per heavy atom. The number of quaternary nitrogens is 1. The number of unbranched alkanes of at least 4 members (excludes halogenated alkanes) is 9. The normalized spacial score (nSPS) is 13.9. The molecule has 0 amide bonds. The van der Waals surface area contributed by atoms with Gasteiger partial charge >= 0.3 is 11.9 Å². The fraction of sp³-hybridized carbons (Fsp3) is 0.611. The molecule has 350 valence electrons. The number of allylic oxidation sites excluding steroid dienone is 18. The Labute approximate surface area is 378 Å². The third kappa shape index (κ3) is 41.3. The maximum absolute atomic E-state index is 12.7. The number of esters is 2. The number of nitrogens with zero attached hydrogens (tertiary/aromatic N) is 1. The topological polar surface area (TPSA) is 102 Å². The summed E-state index contributed by atoms with van der Waals surface area (Å²) in [6, 6.07) is -0.746. The van der Waals surface area contributed by atoms with Gasteiger partial charge in [0.15, 0.2) is 6.10 Å². The number of hydrogen-bond acceptors (Lipinski definition) is 7. The second-order valence-corrected chi connectivity index (χ2v) is 16.6. The summed E-state index contributed by atoms with van der Waals surface area (Å²) < 4.78 is 17.1.